The summed E-state index contributed by atoms with van der Waals surface area (Å²) in [6.45, 7) is 5.12. The van der Waals surface area contributed by atoms with Gasteiger partial charge < -0.3 is 5.32 Å². The van der Waals surface area contributed by atoms with E-state index in [1.807, 2.05) is 12.1 Å². The lowest BCUT2D eigenvalue weighted by atomic mass is 9.83. The molecule has 5 heteroatoms. The van der Waals surface area contributed by atoms with E-state index >= 15 is 0 Å². The molecule has 1 saturated carbocycles. The third kappa shape index (κ3) is 3.70. The largest absolute Gasteiger partial charge is 0.385 e. The molecule has 106 valence electrons. The van der Waals surface area contributed by atoms with Crippen LogP contribution in [0.15, 0.2) is 29.2 Å². The third-order valence-corrected chi connectivity index (χ3v) is 4.98. The zero-order valence-corrected chi connectivity index (χ0v) is 12.3. The van der Waals surface area contributed by atoms with Gasteiger partial charge in [0.2, 0.25) is 10.0 Å². The fraction of sp³-hybridized carbons (Fsp3) is 0.571. The Labute approximate surface area is 115 Å². The van der Waals surface area contributed by atoms with Gasteiger partial charge in [-0.2, -0.15) is 0 Å². The van der Waals surface area contributed by atoms with Crippen molar-refractivity contribution in [2.75, 3.05) is 11.9 Å². The van der Waals surface area contributed by atoms with Gasteiger partial charge in [0.1, 0.15) is 0 Å². The highest BCUT2D eigenvalue weighted by Crippen LogP contribution is 2.27. The van der Waals surface area contributed by atoms with E-state index in [1.165, 1.54) is 0 Å². The molecule has 1 aliphatic rings. The molecule has 0 spiro atoms. The topological polar surface area (TPSA) is 58.2 Å². The van der Waals surface area contributed by atoms with Crippen LogP contribution in [-0.4, -0.2) is 21.0 Å². The van der Waals surface area contributed by atoms with Gasteiger partial charge in [0, 0.05) is 18.3 Å². The Morgan fingerprint density at radius 2 is 1.84 bits per heavy atom. The van der Waals surface area contributed by atoms with Gasteiger partial charge in [0.05, 0.1) is 4.90 Å². The van der Waals surface area contributed by atoms with Crippen molar-refractivity contribution in [1.82, 2.24) is 4.72 Å². The minimum atomic E-state index is -3.36. The number of sulfonamides is 1. The summed E-state index contributed by atoms with van der Waals surface area (Å²) in [6, 6.07) is 7.05. The van der Waals surface area contributed by atoms with E-state index < -0.39 is 10.0 Å². The maximum atomic E-state index is 12.1. The molecule has 0 atom stereocenters. The minimum Gasteiger partial charge on any atom is -0.385 e. The molecule has 0 bridgehead atoms. The Bertz CT molecular complexity index is 505. The van der Waals surface area contributed by atoms with Crippen molar-refractivity contribution in [2.45, 2.75) is 44.0 Å². The molecular formula is C14H22N2O2S. The molecule has 1 aromatic carbocycles. The van der Waals surface area contributed by atoms with Crippen molar-refractivity contribution < 1.29 is 8.42 Å². The fourth-order valence-corrected chi connectivity index (χ4v) is 3.57. The summed E-state index contributed by atoms with van der Waals surface area (Å²) in [6.07, 6.45) is 2.92. The summed E-state index contributed by atoms with van der Waals surface area (Å²) < 4.78 is 27.0. The van der Waals surface area contributed by atoms with Crippen molar-refractivity contribution in [3.8, 4) is 0 Å². The van der Waals surface area contributed by atoms with Gasteiger partial charge in [-0.15, -0.1) is 0 Å². The summed E-state index contributed by atoms with van der Waals surface area (Å²) in [5, 5.41) is 3.23. The Morgan fingerprint density at radius 1 is 1.21 bits per heavy atom. The summed E-state index contributed by atoms with van der Waals surface area (Å²) in [4.78, 5) is 0.342. The van der Waals surface area contributed by atoms with Crippen molar-refractivity contribution >= 4 is 15.7 Å². The zero-order valence-electron chi connectivity index (χ0n) is 11.5. The third-order valence-electron chi connectivity index (χ3n) is 3.44. The Morgan fingerprint density at radius 3 is 2.37 bits per heavy atom. The van der Waals surface area contributed by atoms with Crippen molar-refractivity contribution in [3.63, 3.8) is 0 Å². The molecule has 19 heavy (non-hydrogen) atoms. The monoisotopic (exact) mass is 282 g/mol. The van der Waals surface area contributed by atoms with Crippen LogP contribution in [-0.2, 0) is 10.0 Å². The number of hydrogen-bond donors (Lipinski definition) is 2. The van der Waals surface area contributed by atoms with Gasteiger partial charge in [0.25, 0.3) is 0 Å². The first-order chi connectivity index (χ1) is 9.01. The molecule has 0 saturated heterocycles. The lowest BCUT2D eigenvalue weighted by Gasteiger charge is -2.32. The predicted molar refractivity (Wildman–Crippen MR) is 77.7 cm³/mol. The summed E-state index contributed by atoms with van der Waals surface area (Å²) in [7, 11) is -3.36. The van der Waals surface area contributed by atoms with Crippen molar-refractivity contribution in [2.24, 2.45) is 5.92 Å². The normalized spacial score (nSPS) is 22.8. The van der Waals surface area contributed by atoms with E-state index in [4.69, 9.17) is 0 Å². The standard InChI is InChI=1S/C14H22N2O2S/c1-3-8-15-12-4-6-14(7-5-12)19(17,18)16-13-9-11(2)10-13/h4-7,11,13,15-16H,3,8-10H2,1-2H3. The van der Waals surface area contributed by atoms with E-state index in [0.717, 1.165) is 31.5 Å². The van der Waals surface area contributed by atoms with Gasteiger partial charge in [-0.3, -0.25) is 0 Å². The highest BCUT2D eigenvalue weighted by molar-refractivity contribution is 7.89. The van der Waals surface area contributed by atoms with E-state index in [1.54, 1.807) is 12.1 Å². The number of nitrogens with one attached hydrogen (secondary N) is 2. The Hall–Kier alpha value is -1.07. The smallest absolute Gasteiger partial charge is 0.240 e. The van der Waals surface area contributed by atoms with E-state index in [0.29, 0.717) is 10.8 Å². The number of rotatable bonds is 6. The highest BCUT2D eigenvalue weighted by Gasteiger charge is 2.29. The average Bonchev–Trinajstić information content (AvgIpc) is 2.35. The first kappa shape index (κ1) is 14.3. The van der Waals surface area contributed by atoms with E-state index in [-0.39, 0.29) is 6.04 Å². The molecule has 0 unspecified atom stereocenters. The number of benzene rings is 1. The minimum absolute atomic E-state index is 0.109. The van der Waals surface area contributed by atoms with Crippen LogP contribution >= 0.6 is 0 Å². The van der Waals surface area contributed by atoms with Crippen LogP contribution in [0.5, 0.6) is 0 Å². The van der Waals surface area contributed by atoms with Gasteiger partial charge in [-0.1, -0.05) is 13.8 Å². The van der Waals surface area contributed by atoms with Crippen LogP contribution in [0.1, 0.15) is 33.1 Å². The Balaban J connectivity index is 1.99. The van der Waals surface area contributed by atoms with Crippen LogP contribution in [0.25, 0.3) is 0 Å². The molecule has 4 nitrogen and oxygen atoms in total. The van der Waals surface area contributed by atoms with Crippen molar-refractivity contribution in [3.05, 3.63) is 24.3 Å². The second kappa shape index (κ2) is 5.92. The van der Waals surface area contributed by atoms with E-state index in [9.17, 15) is 8.42 Å². The Kier molecular flexibility index (Phi) is 4.47. The van der Waals surface area contributed by atoms with Crippen LogP contribution in [0.2, 0.25) is 0 Å². The molecule has 1 fully saturated rings. The average molecular weight is 282 g/mol. The molecule has 0 amide bonds. The molecule has 2 rings (SSSR count). The molecule has 2 N–H and O–H groups in total. The van der Waals surface area contributed by atoms with E-state index in [2.05, 4.69) is 23.9 Å². The molecule has 0 radical (unpaired) electrons. The molecule has 0 aromatic heterocycles. The number of anilines is 1. The van der Waals surface area contributed by atoms with Gasteiger partial charge >= 0.3 is 0 Å². The summed E-state index contributed by atoms with van der Waals surface area (Å²) >= 11 is 0. The van der Waals surface area contributed by atoms with Gasteiger partial charge in [-0.05, 0) is 49.4 Å². The fourth-order valence-electron chi connectivity index (χ4n) is 2.31. The van der Waals surface area contributed by atoms with Crippen LogP contribution in [0.3, 0.4) is 0 Å². The second-order valence-electron chi connectivity index (χ2n) is 5.35. The molecule has 1 aliphatic carbocycles. The maximum absolute atomic E-state index is 12.1. The second-order valence-corrected chi connectivity index (χ2v) is 7.06. The van der Waals surface area contributed by atoms with Crippen LogP contribution < -0.4 is 10.0 Å². The lowest BCUT2D eigenvalue weighted by Crippen LogP contribution is -2.43. The quantitative estimate of drug-likeness (QED) is 0.843. The first-order valence-electron chi connectivity index (χ1n) is 6.87. The number of hydrogen-bond acceptors (Lipinski definition) is 3. The molecule has 1 aromatic rings. The predicted octanol–water partition coefficient (Wildman–Crippen LogP) is 2.59. The molecular weight excluding hydrogens is 260 g/mol. The first-order valence-corrected chi connectivity index (χ1v) is 8.36. The highest BCUT2D eigenvalue weighted by atomic mass is 32.2. The molecule has 0 heterocycles. The zero-order chi connectivity index (χ0) is 13.9. The van der Waals surface area contributed by atoms with Gasteiger partial charge in [0.15, 0.2) is 0 Å². The molecule has 0 aliphatic heterocycles. The van der Waals surface area contributed by atoms with Crippen LogP contribution in [0, 0.1) is 5.92 Å². The summed E-state index contributed by atoms with van der Waals surface area (Å²) in [5.74, 6) is 0.633. The van der Waals surface area contributed by atoms with Gasteiger partial charge in [-0.25, -0.2) is 13.1 Å². The van der Waals surface area contributed by atoms with Crippen LogP contribution in [0.4, 0.5) is 5.69 Å². The van der Waals surface area contributed by atoms with Crippen molar-refractivity contribution in [1.29, 1.82) is 0 Å². The SMILES string of the molecule is CCCNc1ccc(S(=O)(=O)NC2CC(C)C2)cc1. The maximum Gasteiger partial charge on any atom is 0.240 e. The lowest BCUT2D eigenvalue weighted by molar-refractivity contribution is 0.270. The summed E-state index contributed by atoms with van der Waals surface area (Å²) in [5.41, 5.74) is 0.957.